The van der Waals surface area contributed by atoms with E-state index < -0.39 is 0 Å². The summed E-state index contributed by atoms with van der Waals surface area (Å²) < 4.78 is 12.2. The Kier molecular flexibility index (Phi) is 4.44. The minimum absolute atomic E-state index is 0.0871. The topological polar surface area (TPSA) is 71.9 Å². The molecule has 1 fully saturated rings. The number of nitrogens with zero attached hydrogens (tertiary/aromatic N) is 2. The molecule has 1 amide bonds. The number of ether oxygens (including phenoxy) is 2. The summed E-state index contributed by atoms with van der Waals surface area (Å²) in [6, 6.07) is 11.6. The van der Waals surface area contributed by atoms with Crippen LogP contribution in [0.2, 0.25) is 0 Å². The quantitative estimate of drug-likeness (QED) is 0.708. The Morgan fingerprint density at radius 3 is 2.93 bits per heavy atom. The van der Waals surface area contributed by atoms with Gasteiger partial charge in [0.15, 0.2) is 11.5 Å². The number of carbonyl (C=O) groups is 1. The monoisotopic (exact) mass is 410 g/mol. The van der Waals surface area contributed by atoms with Crippen molar-refractivity contribution in [2.75, 3.05) is 26.9 Å². The molecule has 2 heterocycles. The number of para-hydroxylation sites is 1. The van der Waals surface area contributed by atoms with Gasteiger partial charge in [-0.3, -0.25) is 4.79 Å². The minimum atomic E-state index is -0.383. The van der Waals surface area contributed by atoms with Gasteiger partial charge in [-0.25, -0.2) is 4.98 Å². The molecule has 1 saturated carbocycles. The van der Waals surface area contributed by atoms with Gasteiger partial charge in [-0.15, -0.1) is 11.3 Å². The number of carbonyl (C=O) groups excluding carboxylic acids is 1. The number of fused-ring (bicyclic) bond motifs is 2. The summed E-state index contributed by atoms with van der Waals surface area (Å²) in [4.78, 5) is 19.6. The fourth-order valence-electron chi connectivity index (χ4n) is 3.97. The fourth-order valence-corrected chi connectivity index (χ4v) is 4.93. The molecule has 0 saturated heterocycles. The third-order valence-electron chi connectivity index (χ3n) is 5.67. The van der Waals surface area contributed by atoms with E-state index in [-0.39, 0.29) is 17.1 Å². The maximum Gasteiger partial charge on any atom is 0.231 e. The zero-order valence-electron chi connectivity index (χ0n) is 16.2. The lowest BCUT2D eigenvalue weighted by Crippen LogP contribution is -2.39. The van der Waals surface area contributed by atoms with Gasteiger partial charge in [0.2, 0.25) is 5.91 Å². The van der Waals surface area contributed by atoms with Gasteiger partial charge >= 0.3 is 0 Å². The normalized spacial score (nSPS) is 17.5. The highest BCUT2D eigenvalue weighted by Crippen LogP contribution is 2.48. The molecule has 3 aromatic rings. The predicted octanol–water partition coefficient (Wildman–Crippen LogP) is 3.82. The van der Waals surface area contributed by atoms with Crippen LogP contribution in [0.4, 0.5) is 0 Å². The Morgan fingerprint density at radius 1 is 1.34 bits per heavy atom. The van der Waals surface area contributed by atoms with Gasteiger partial charge in [0.1, 0.15) is 11.6 Å². The van der Waals surface area contributed by atoms with E-state index in [4.69, 9.17) is 14.5 Å². The van der Waals surface area contributed by atoms with E-state index in [1.54, 1.807) is 24.5 Å². The Morgan fingerprint density at radius 2 is 2.17 bits per heavy atom. The lowest BCUT2D eigenvalue weighted by Gasteiger charge is -2.25. The second-order valence-corrected chi connectivity index (χ2v) is 8.79. The number of amides is 1. The van der Waals surface area contributed by atoms with Gasteiger partial charge in [0, 0.05) is 24.8 Å². The van der Waals surface area contributed by atoms with Crippen LogP contribution >= 0.6 is 11.3 Å². The van der Waals surface area contributed by atoms with Crippen LogP contribution in [-0.2, 0) is 16.1 Å². The van der Waals surface area contributed by atoms with Crippen molar-refractivity contribution in [2.24, 2.45) is 5.41 Å². The molecule has 0 unspecified atom stereocenters. The predicted molar refractivity (Wildman–Crippen MR) is 111 cm³/mol. The number of aromatic nitrogens is 1. The first-order valence-corrected chi connectivity index (χ1v) is 10.5. The van der Waals surface area contributed by atoms with E-state index in [0.29, 0.717) is 32.1 Å². The third kappa shape index (κ3) is 3.24. The van der Waals surface area contributed by atoms with Gasteiger partial charge in [-0.05, 0) is 37.1 Å². The SMILES string of the molecule is COCC1(C(=O)N2CCOc3c(O)cc(-c4nc5ccccc5s4)cc3C2)CC1. The third-order valence-corrected chi connectivity index (χ3v) is 6.76. The van der Waals surface area contributed by atoms with Crippen LogP contribution in [0.1, 0.15) is 18.4 Å². The maximum absolute atomic E-state index is 13.1. The molecule has 0 bridgehead atoms. The smallest absolute Gasteiger partial charge is 0.231 e. The second kappa shape index (κ2) is 7.00. The number of rotatable bonds is 4. The molecule has 7 heteroatoms. The van der Waals surface area contributed by atoms with Gasteiger partial charge in [0.25, 0.3) is 0 Å². The summed E-state index contributed by atoms with van der Waals surface area (Å²) in [5.41, 5.74) is 2.19. The highest BCUT2D eigenvalue weighted by atomic mass is 32.1. The van der Waals surface area contributed by atoms with E-state index in [2.05, 4.69) is 0 Å². The molecule has 6 nitrogen and oxygen atoms in total. The van der Waals surface area contributed by atoms with Crippen molar-refractivity contribution in [3.05, 3.63) is 42.0 Å². The molecule has 0 radical (unpaired) electrons. The molecular formula is C22H22N2O4S. The van der Waals surface area contributed by atoms with Crippen molar-refractivity contribution in [3.8, 4) is 22.1 Å². The van der Waals surface area contributed by atoms with E-state index >= 15 is 0 Å². The Bertz CT molecular complexity index is 1060. The molecule has 29 heavy (non-hydrogen) atoms. The van der Waals surface area contributed by atoms with E-state index in [9.17, 15) is 9.90 Å². The average Bonchev–Trinajstić information content (AvgIpc) is 3.42. The van der Waals surface area contributed by atoms with Crippen LogP contribution in [0.3, 0.4) is 0 Å². The molecule has 1 aliphatic carbocycles. The maximum atomic E-state index is 13.1. The van der Waals surface area contributed by atoms with Crippen LogP contribution < -0.4 is 4.74 Å². The number of benzene rings is 2. The number of methoxy groups -OCH3 is 1. The van der Waals surface area contributed by atoms with Gasteiger partial charge in [-0.2, -0.15) is 0 Å². The van der Waals surface area contributed by atoms with Crippen molar-refractivity contribution in [2.45, 2.75) is 19.4 Å². The number of phenolic OH excluding ortho intramolecular Hbond substituents is 1. The molecule has 2 aromatic carbocycles. The van der Waals surface area contributed by atoms with Crippen LogP contribution in [-0.4, -0.2) is 47.8 Å². The first kappa shape index (κ1) is 18.4. The highest BCUT2D eigenvalue weighted by Gasteiger charge is 2.52. The lowest BCUT2D eigenvalue weighted by molar-refractivity contribution is -0.139. The number of phenols is 1. The second-order valence-electron chi connectivity index (χ2n) is 7.76. The summed E-state index contributed by atoms with van der Waals surface area (Å²) in [5.74, 6) is 0.659. The van der Waals surface area contributed by atoms with Crippen molar-refractivity contribution >= 4 is 27.5 Å². The summed E-state index contributed by atoms with van der Waals surface area (Å²) in [5, 5.41) is 11.4. The number of hydrogen-bond donors (Lipinski definition) is 1. The average molecular weight is 410 g/mol. The zero-order valence-corrected chi connectivity index (χ0v) is 17.0. The minimum Gasteiger partial charge on any atom is -0.504 e. The number of hydrogen-bond acceptors (Lipinski definition) is 6. The molecular weight excluding hydrogens is 388 g/mol. The summed E-state index contributed by atoms with van der Waals surface area (Å²) >= 11 is 1.58. The number of thiazole rings is 1. The molecule has 150 valence electrons. The lowest BCUT2D eigenvalue weighted by atomic mass is 10.0. The van der Waals surface area contributed by atoms with Crippen molar-refractivity contribution in [3.63, 3.8) is 0 Å². The molecule has 0 atom stereocenters. The van der Waals surface area contributed by atoms with E-state index in [0.717, 1.165) is 39.2 Å². The first-order valence-electron chi connectivity index (χ1n) is 9.73. The summed E-state index contributed by atoms with van der Waals surface area (Å²) in [7, 11) is 1.64. The van der Waals surface area contributed by atoms with Crippen LogP contribution in [0.5, 0.6) is 11.5 Å². The van der Waals surface area contributed by atoms with E-state index in [1.807, 2.05) is 35.2 Å². The molecule has 1 aromatic heterocycles. The van der Waals surface area contributed by atoms with Gasteiger partial charge in [0.05, 0.1) is 28.8 Å². The fraction of sp³-hybridized carbons (Fsp3) is 0.364. The van der Waals surface area contributed by atoms with Crippen LogP contribution in [0, 0.1) is 5.41 Å². The molecule has 1 N–H and O–H groups in total. The van der Waals surface area contributed by atoms with Crippen LogP contribution in [0.15, 0.2) is 36.4 Å². The Hall–Kier alpha value is -2.64. The van der Waals surface area contributed by atoms with E-state index in [1.165, 1.54) is 0 Å². The molecule has 2 aliphatic rings. The molecule has 0 spiro atoms. The van der Waals surface area contributed by atoms with Gasteiger partial charge < -0.3 is 19.5 Å². The first-order chi connectivity index (χ1) is 14.1. The van der Waals surface area contributed by atoms with Crippen molar-refractivity contribution in [1.82, 2.24) is 9.88 Å². The zero-order chi connectivity index (χ0) is 20.0. The Labute approximate surface area is 172 Å². The van der Waals surface area contributed by atoms with Crippen molar-refractivity contribution in [1.29, 1.82) is 0 Å². The van der Waals surface area contributed by atoms with Gasteiger partial charge in [-0.1, -0.05) is 12.1 Å². The number of aromatic hydroxyl groups is 1. The Balaban J connectivity index is 1.49. The largest absolute Gasteiger partial charge is 0.504 e. The summed E-state index contributed by atoms with van der Waals surface area (Å²) in [6.07, 6.45) is 1.72. The van der Waals surface area contributed by atoms with Crippen LogP contribution in [0.25, 0.3) is 20.8 Å². The standard InChI is InChI=1S/C22H22N2O4S/c1-27-13-22(6-7-22)21(26)24-8-9-28-19-15(12-24)10-14(11-17(19)25)20-23-16-4-2-3-5-18(16)29-20/h2-5,10-11,25H,6-9,12-13H2,1H3. The highest BCUT2D eigenvalue weighted by molar-refractivity contribution is 7.21. The molecule has 1 aliphatic heterocycles. The summed E-state index contributed by atoms with van der Waals surface area (Å²) in [6.45, 7) is 1.71. The molecule has 5 rings (SSSR count). The van der Waals surface area contributed by atoms with Crippen molar-refractivity contribution < 1.29 is 19.4 Å².